The van der Waals surface area contributed by atoms with Crippen molar-refractivity contribution in [3.63, 3.8) is 0 Å². The maximum Gasteiger partial charge on any atom is 0.410 e. The van der Waals surface area contributed by atoms with Crippen molar-refractivity contribution in [1.82, 2.24) is 10.1 Å². The molecule has 4 aliphatic rings. The van der Waals surface area contributed by atoms with E-state index in [2.05, 4.69) is 5.23 Å². The van der Waals surface area contributed by atoms with E-state index < -0.39 is 82.0 Å². The SMILES string of the molecule is CC1=C2[C@@H](OC(=O)N(C)C)C(=O)[C@@]3(C)[C@H]([C@H](C)[C@](O)(C[C@@H]1OC(=O)[C@H](O)[C@@H](N[B]C=O)c1ccccc1)C2(C)C)[C@]1(C)CO[C@@H]1C[C@@H]3O. The smallest absolute Gasteiger partial charge is 0.410 e. The molecular weight excluding hydrogens is 619 g/mol. The molecule has 5 rings (SSSR count). The zero-order valence-electron chi connectivity index (χ0n) is 28.9. The minimum absolute atomic E-state index is 0.0916. The molecule has 261 valence electrons. The summed E-state index contributed by atoms with van der Waals surface area (Å²) < 4.78 is 17.9. The van der Waals surface area contributed by atoms with Gasteiger partial charge in [0.1, 0.15) is 6.10 Å². The van der Waals surface area contributed by atoms with Crippen molar-refractivity contribution in [2.45, 2.75) is 96.5 Å². The third-order valence-electron chi connectivity index (χ3n) is 12.2. The third-order valence-corrected chi connectivity index (χ3v) is 12.2. The second kappa shape index (κ2) is 12.7. The molecule has 1 aromatic rings. The predicted molar refractivity (Wildman–Crippen MR) is 175 cm³/mol. The number of aliphatic hydroxyl groups is 3. The van der Waals surface area contributed by atoms with Crippen LogP contribution in [0, 0.1) is 28.1 Å². The third kappa shape index (κ3) is 5.33. The fourth-order valence-corrected chi connectivity index (χ4v) is 9.38. The molecule has 4 N–H and O–H groups in total. The highest BCUT2D eigenvalue weighted by Crippen LogP contribution is 2.67. The van der Waals surface area contributed by atoms with Crippen LogP contribution in [0.4, 0.5) is 4.79 Å². The van der Waals surface area contributed by atoms with Crippen molar-refractivity contribution >= 4 is 31.4 Å². The lowest BCUT2D eigenvalue weighted by Gasteiger charge is -2.68. The zero-order chi connectivity index (χ0) is 35.6. The summed E-state index contributed by atoms with van der Waals surface area (Å²) in [6, 6.07) is 7.58. The quantitative estimate of drug-likeness (QED) is 0.138. The Hall–Kier alpha value is -3.10. The Kier molecular flexibility index (Phi) is 9.54. The highest BCUT2D eigenvalue weighted by molar-refractivity contribution is 6.64. The van der Waals surface area contributed by atoms with E-state index >= 15 is 4.79 Å². The number of carbonyl (C=O) groups is 4. The molecule has 1 radical (unpaired) electrons. The van der Waals surface area contributed by atoms with Gasteiger partial charge in [0.05, 0.1) is 42.1 Å². The second-order valence-electron chi connectivity index (χ2n) is 15.2. The number of amides is 1. The summed E-state index contributed by atoms with van der Waals surface area (Å²) in [4.78, 5) is 54.3. The second-order valence-corrected chi connectivity index (χ2v) is 15.2. The van der Waals surface area contributed by atoms with Crippen molar-refractivity contribution < 1.29 is 48.7 Å². The highest BCUT2D eigenvalue weighted by atomic mass is 16.6. The van der Waals surface area contributed by atoms with Gasteiger partial charge in [-0.25, -0.2) is 9.59 Å². The molecular formula is C35H48BN2O10. The number of fused-ring (bicyclic) bond motifs is 5. The molecule has 48 heavy (non-hydrogen) atoms. The summed E-state index contributed by atoms with van der Waals surface area (Å²) in [7, 11) is 4.06. The summed E-state index contributed by atoms with van der Waals surface area (Å²) in [6.45, 7) is 11.1. The van der Waals surface area contributed by atoms with Crippen LogP contribution in [-0.4, -0.2) is 108 Å². The number of ketones is 1. The number of esters is 1. The van der Waals surface area contributed by atoms with E-state index in [9.17, 15) is 29.7 Å². The van der Waals surface area contributed by atoms with E-state index in [-0.39, 0.29) is 24.5 Å². The fourth-order valence-electron chi connectivity index (χ4n) is 9.38. The first kappa shape index (κ1) is 36.2. The van der Waals surface area contributed by atoms with Crippen molar-refractivity contribution in [1.29, 1.82) is 0 Å². The standard InChI is InChI=1S/C35H48BN2O10/c1-18-21(47-30(43)26(41)25(37-36-17-39)20-12-10-9-11-13-20)15-35(45)19(2)28-33(5)16-46-23(33)14-22(40)34(28,6)29(42)27(24(18)32(35,3)4)48-31(44)38(7)8/h9-13,17,19,21-23,25-28,37,40-41,45H,14-16H2,1-8H3/t19-,21-,22-,23+,25-,26+,27+,28+,33+,34+,35+/m0/s1. The van der Waals surface area contributed by atoms with E-state index in [1.54, 1.807) is 58.0 Å². The number of aliphatic hydroxyl groups excluding tert-OH is 2. The predicted octanol–water partition coefficient (Wildman–Crippen LogP) is 1.95. The monoisotopic (exact) mass is 667 g/mol. The fraction of sp³-hybridized carbons (Fsp3) is 0.657. The number of Topliss-reactive ketones (excluding diaryl/α,β-unsaturated/α-hetero) is 1. The average Bonchev–Trinajstić information content (AvgIpc) is 3.03. The number of nitrogens with zero attached hydrogens (tertiary/aromatic N) is 1. The van der Waals surface area contributed by atoms with Crippen LogP contribution in [-0.2, 0) is 28.6 Å². The number of nitrogens with one attached hydrogen (secondary N) is 1. The molecule has 2 bridgehead atoms. The van der Waals surface area contributed by atoms with E-state index in [0.717, 1.165) is 7.41 Å². The Morgan fingerprint density at radius 2 is 1.79 bits per heavy atom. The van der Waals surface area contributed by atoms with Crippen molar-refractivity contribution in [2.75, 3.05) is 20.7 Å². The number of carbonyl (C=O) groups excluding carboxylic acids is 4. The lowest BCUT2D eigenvalue weighted by atomic mass is 9.40. The largest absolute Gasteiger partial charge is 0.456 e. The first-order valence-corrected chi connectivity index (χ1v) is 16.5. The number of hydrogen-bond donors (Lipinski definition) is 4. The number of rotatable bonds is 8. The van der Waals surface area contributed by atoms with Crippen molar-refractivity contribution in [3.8, 4) is 0 Å². The molecule has 1 amide bonds. The van der Waals surface area contributed by atoms with E-state index in [4.69, 9.17) is 14.2 Å². The topological polar surface area (TPSA) is 172 Å². The first-order valence-electron chi connectivity index (χ1n) is 16.5. The van der Waals surface area contributed by atoms with E-state index in [1.165, 1.54) is 19.0 Å². The van der Waals surface area contributed by atoms with E-state index in [0.29, 0.717) is 23.9 Å². The molecule has 3 fully saturated rings. The minimum Gasteiger partial charge on any atom is -0.456 e. The molecule has 1 heterocycles. The van der Waals surface area contributed by atoms with Gasteiger partial charge in [0.2, 0.25) is 0 Å². The summed E-state index contributed by atoms with van der Waals surface area (Å²) >= 11 is 0. The molecule has 1 saturated heterocycles. The average molecular weight is 668 g/mol. The molecule has 0 spiro atoms. The van der Waals surface area contributed by atoms with Crippen LogP contribution in [0.15, 0.2) is 41.5 Å². The zero-order valence-corrected chi connectivity index (χ0v) is 28.9. The number of ether oxygens (including phenoxy) is 3. The minimum atomic E-state index is -1.76. The molecule has 1 aromatic carbocycles. The van der Waals surface area contributed by atoms with Gasteiger partial charge >= 0.3 is 12.1 Å². The summed E-state index contributed by atoms with van der Waals surface area (Å²) in [5, 5.41) is 38.7. The van der Waals surface area contributed by atoms with Gasteiger partial charge in [-0.2, -0.15) is 0 Å². The van der Waals surface area contributed by atoms with Crippen molar-refractivity contribution in [2.24, 2.45) is 28.1 Å². The Morgan fingerprint density at radius 1 is 1.15 bits per heavy atom. The molecule has 12 nitrogen and oxygen atoms in total. The van der Waals surface area contributed by atoms with Crippen LogP contribution in [0.1, 0.15) is 66.0 Å². The van der Waals surface area contributed by atoms with Gasteiger partial charge < -0.3 is 44.5 Å². The van der Waals surface area contributed by atoms with Gasteiger partial charge in [-0.15, -0.1) is 0 Å². The van der Waals surface area contributed by atoms with Gasteiger partial charge in [0, 0.05) is 37.8 Å². The number of hydrogen-bond acceptors (Lipinski definition) is 11. The molecule has 13 heteroatoms. The van der Waals surface area contributed by atoms with Crippen LogP contribution < -0.4 is 5.23 Å². The Balaban J connectivity index is 1.64. The van der Waals surface area contributed by atoms with Crippen molar-refractivity contribution in [3.05, 3.63) is 47.0 Å². The van der Waals surface area contributed by atoms with Gasteiger partial charge in [-0.05, 0) is 42.4 Å². The van der Waals surface area contributed by atoms with Crippen LogP contribution >= 0.6 is 0 Å². The lowest BCUT2D eigenvalue weighted by Crippen LogP contribution is -2.75. The van der Waals surface area contributed by atoms with Gasteiger partial charge in [0.25, 0.3) is 7.41 Å². The Morgan fingerprint density at radius 3 is 2.35 bits per heavy atom. The van der Waals surface area contributed by atoms with Crippen LogP contribution in [0.25, 0.3) is 0 Å². The molecule has 0 unspecified atom stereocenters. The Labute approximate surface area is 282 Å². The van der Waals surface area contributed by atoms with Gasteiger partial charge in [-0.1, -0.05) is 58.0 Å². The molecule has 11 atom stereocenters. The van der Waals surface area contributed by atoms with Crippen LogP contribution in [0.2, 0.25) is 0 Å². The maximum atomic E-state index is 15.0. The lowest BCUT2D eigenvalue weighted by molar-refractivity contribution is -0.302. The summed E-state index contributed by atoms with van der Waals surface area (Å²) in [5.74, 6) is -2.77. The maximum absolute atomic E-state index is 15.0. The normalized spacial score (nSPS) is 38.1. The summed E-state index contributed by atoms with van der Waals surface area (Å²) in [6.07, 6.45) is -6.07. The van der Waals surface area contributed by atoms with Gasteiger partial charge in [0.15, 0.2) is 18.0 Å². The first-order chi connectivity index (χ1) is 22.4. The highest BCUT2D eigenvalue weighted by Gasteiger charge is 2.73. The Bertz CT molecular complexity index is 1480. The van der Waals surface area contributed by atoms with E-state index in [1.807, 2.05) is 13.8 Å². The molecule has 0 aromatic heterocycles. The van der Waals surface area contributed by atoms with Gasteiger partial charge in [-0.3, -0.25) is 4.79 Å². The summed E-state index contributed by atoms with van der Waals surface area (Å²) in [5.41, 5.74) is -3.65. The van der Waals surface area contributed by atoms with Crippen LogP contribution in [0.5, 0.6) is 0 Å². The number of benzene rings is 1. The molecule has 1 aliphatic heterocycles. The molecule has 3 aliphatic carbocycles. The van der Waals surface area contributed by atoms with Crippen LogP contribution in [0.3, 0.4) is 0 Å². The molecule has 2 saturated carbocycles.